The molecule has 0 spiro atoms. The Morgan fingerprint density at radius 1 is 1.33 bits per heavy atom. The zero-order valence-electron chi connectivity index (χ0n) is 5.39. The largest absolute Gasteiger partial charge is 0.298 e. The van der Waals surface area contributed by atoms with Crippen LogP contribution >= 0.6 is 0 Å². The molecule has 0 radical (unpaired) electrons. The van der Waals surface area contributed by atoms with Gasteiger partial charge < -0.3 is 0 Å². The van der Waals surface area contributed by atoms with Crippen molar-refractivity contribution < 1.29 is 9.59 Å². The van der Waals surface area contributed by atoms with E-state index in [1.165, 1.54) is 0 Å². The first-order chi connectivity index (χ1) is 4.20. The fourth-order valence-electron chi connectivity index (χ4n) is 0.844. The van der Waals surface area contributed by atoms with Crippen molar-refractivity contribution in [2.45, 2.75) is 6.42 Å². The quantitative estimate of drug-likeness (QED) is 0.410. The molecule has 0 N–H and O–H groups in total. The van der Waals surface area contributed by atoms with Gasteiger partial charge in [-0.15, -0.1) is 0 Å². The number of rotatable bonds is 0. The van der Waals surface area contributed by atoms with Gasteiger partial charge in [-0.3, -0.25) is 14.5 Å². The van der Waals surface area contributed by atoms with Gasteiger partial charge in [0.25, 0.3) is 0 Å². The summed E-state index contributed by atoms with van der Waals surface area (Å²) in [6.45, 7) is 1.03. The maximum Gasteiger partial charge on any atom is 0.212 e. The number of carbonyl (C=O) groups excluding carboxylic acids is 2. The van der Waals surface area contributed by atoms with Gasteiger partial charge in [0.1, 0.15) is 0 Å². The summed E-state index contributed by atoms with van der Waals surface area (Å²) in [7, 11) is 1.84. The number of likely N-dealkylation sites (tertiary alicyclic amines) is 1. The van der Waals surface area contributed by atoms with Crippen molar-refractivity contribution in [2.75, 3.05) is 20.1 Å². The van der Waals surface area contributed by atoms with E-state index in [0.717, 1.165) is 6.54 Å². The second kappa shape index (κ2) is 2.27. The van der Waals surface area contributed by atoms with E-state index < -0.39 is 0 Å². The van der Waals surface area contributed by atoms with Gasteiger partial charge in [0, 0.05) is 13.0 Å². The Hall–Kier alpha value is -0.700. The molecule has 9 heavy (non-hydrogen) atoms. The summed E-state index contributed by atoms with van der Waals surface area (Å²) < 4.78 is 0. The van der Waals surface area contributed by atoms with Crippen LogP contribution in [-0.2, 0) is 9.59 Å². The van der Waals surface area contributed by atoms with Gasteiger partial charge in [-0.05, 0) is 7.05 Å². The molecular formula is C6H9NO2. The lowest BCUT2D eigenvalue weighted by atomic mass is 10.1. The molecule has 0 atom stereocenters. The monoisotopic (exact) mass is 127 g/mol. The minimum atomic E-state index is -0.247. The molecule has 0 bridgehead atoms. The first-order valence-electron chi connectivity index (χ1n) is 2.95. The van der Waals surface area contributed by atoms with Crippen molar-refractivity contribution in [2.24, 2.45) is 0 Å². The normalized spacial score (nSPS) is 22.8. The number of Topliss-reactive ketones (excluding diaryl/α,β-unsaturated/α-hetero) is 2. The lowest BCUT2D eigenvalue weighted by molar-refractivity contribution is -0.139. The average Bonchev–Trinajstić information content (AvgIpc) is 1.80. The van der Waals surface area contributed by atoms with Crippen LogP contribution in [0.3, 0.4) is 0 Å². The lowest BCUT2D eigenvalue weighted by Gasteiger charge is -2.18. The SMILES string of the molecule is CN1CCC(=O)C(=O)C1. The maximum absolute atomic E-state index is 10.6. The summed E-state index contributed by atoms with van der Waals surface area (Å²) in [5.74, 6) is -0.461. The molecule has 1 saturated heterocycles. The van der Waals surface area contributed by atoms with Gasteiger partial charge in [0.05, 0.1) is 6.54 Å². The smallest absolute Gasteiger partial charge is 0.212 e. The Morgan fingerprint density at radius 3 is 2.44 bits per heavy atom. The molecule has 1 heterocycles. The van der Waals surface area contributed by atoms with Gasteiger partial charge >= 0.3 is 0 Å². The van der Waals surface area contributed by atoms with E-state index in [9.17, 15) is 9.59 Å². The lowest BCUT2D eigenvalue weighted by Crippen LogP contribution is -2.38. The fraction of sp³-hybridized carbons (Fsp3) is 0.667. The number of ketones is 2. The first kappa shape index (κ1) is 6.42. The molecule has 0 amide bonds. The van der Waals surface area contributed by atoms with Gasteiger partial charge in [-0.25, -0.2) is 0 Å². The van der Waals surface area contributed by atoms with Crippen LogP contribution in [0.1, 0.15) is 6.42 Å². The first-order valence-corrected chi connectivity index (χ1v) is 2.95. The van der Waals surface area contributed by atoms with E-state index in [-0.39, 0.29) is 11.6 Å². The van der Waals surface area contributed by atoms with E-state index in [4.69, 9.17) is 0 Å². The Kier molecular flexibility index (Phi) is 1.62. The Bertz CT molecular complexity index is 153. The van der Waals surface area contributed by atoms with Crippen molar-refractivity contribution >= 4 is 11.6 Å². The summed E-state index contributed by atoms with van der Waals surface area (Å²) in [6.07, 6.45) is 0.398. The molecule has 3 nitrogen and oxygen atoms in total. The van der Waals surface area contributed by atoms with Gasteiger partial charge in [-0.1, -0.05) is 0 Å². The van der Waals surface area contributed by atoms with E-state index in [1.807, 2.05) is 11.9 Å². The highest BCUT2D eigenvalue weighted by Gasteiger charge is 2.21. The molecular weight excluding hydrogens is 118 g/mol. The van der Waals surface area contributed by atoms with Crippen LogP contribution in [0.25, 0.3) is 0 Å². The Morgan fingerprint density at radius 2 is 2.00 bits per heavy atom. The van der Waals surface area contributed by atoms with Crippen LogP contribution in [0, 0.1) is 0 Å². The molecule has 0 aromatic rings. The number of hydrogen-bond donors (Lipinski definition) is 0. The van der Waals surface area contributed by atoms with Gasteiger partial charge in [0.15, 0.2) is 0 Å². The van der Waals surface area contributed by atoms with E-state index in [1.54, 1.807) is 0 Å². The van der Waals surface area contributed by atoms with Crippen LogP contribution in [0.15, 0.2) is 0 Å². The third-order valence-corrected chi connectivity index (χ3v) is 1.45. The van der Waals surface area contributed by atoms with Crippen molar-refractivity contribution in [3.63, 3.8) is 0 Å². The predicted molar refractivity (Wildman–Crippen MR) is 32.1 cm³/mol. The van der Waals surface area contributed by atoms with Crippen LogP contribution in [0.2, 0.25) is 0 Å². The highest BCUT2D eigenvalue weighted by atomic mass is 16.2. The summed E-state index contributed by atoms with van der Waals surface area (Å²) in [6, 6.07) is 0. The predicted octanol–water partition coefficient (Wildman–Crippen LogP) is -0.540. The van der Waals surface area contributed by atoms with Crippen molar-refractivity contribution in [1.82, 2.24) is 4.90 Å². The van der Waals surface area contributed by atoms with Crippen molar-refractivity contribution in [3.8, 4) is 0 Å². The summed E-state index contributed by atoms with van der Waals surface area (Å²) in [5, 5.41) is 0. The molecule has 0 aromatic heterocycles. The number of hydrogen-bond acceptors (Lipinski definition) is 3. The van der Waals surface area contributed by atoms with Crippen LogP contribution in [-0.4, -0.2) is 36.6 Å². The Balaban J connectivity index is 2.54. The second-order valence-corrected chi connectivity index (χ2v) is 2.33. The Labute approximate surface area is 53.6 Å². The van der Waals surface area contributed by atoms with E-state index in [0.29, 0.717) is 13.0 Å². The molecule has 0 unspecified atom stereocenters. The highest BCUT2D eigenvalue weighted by molar-refractivity contribution is 6.38. The van der Waals surface area contributed by atoms with Crippen LogP contribution < -0.4 is 0 Å². The third kappa shape index (κ3) is 1.36. The summed E-state index contributed by atoms with van der Waals surface area (Å²) in [5.41, 5.74) is 0. The molecule has 0 saturated carbocycles. The molecule has 50 valence electrons. The number of likely N-dealkylation sites (N-methyl/N-ethyl adjacent to an activating group) is 1. The third-order valence-electron chi connectivity index (χ3n) is 1.45. The summed E-state index contributed by atoms with van der Waals surface area (Å²) in [4.78, 5) is 23.0. The fourth-order valence-corrected chi connectivity index (χ4v) is 0.844. The topological polar surface area (TPSA) is 37.4 Å². The molecule has 1 rings (SSSR count). The van der Waals surface area contributed by atoms with Gasteiger partial charge in [0.2, 0.25) is 11.6 Å². The minimum Gasteiger partial charge on any atom is -0.298 e. The highest BCUT2D eigenvalue weighted by Crippen LogP contribution is 1.98. The van der Waals surface area contributed by atoms with Crippen molar-refractivity contribution in [3.05, 3.63) is 0 Å². The standard InChI is InChI=1S/C6H9NO2/c1-7-3-2-5(8)6(9)4-7/h2-4H2,1H3. The molecule has 0 aromatic carbocycles. The number of carbonyl (C=O) groups is 2. The average molecular weight is 127 g/mol. The second-order valence-electron chi connectivity index (χ2n) is 2.33. The zero-order chi connectivity index (χ0) is 6.85. The molecule has 1 fully saturated rings. The van der Waals surface area contributed by atoms with Crippen LogP contribution in [0.4, 0.5) is 0 Å². The van der Waals surface area contributed by atoms with E-state index >= 15 is 0 Å². The molecule has 1 aliphatic rings. The van der Waals surface area contributed by atoms with Crippen LogP contribution in [0.5, 0.6) is 0 Å². The van der Waals surface area contributed by atoms with E-state index in [2.05, 4.69) is 0 Å². The maximum atomic E-state index is 10.6. The molecule has 1 aliphatic heterocycles. The molecule has 3 heteroatoms. The molecule has 0 aliphatic carbocycles. The van der Waals surface area contributed by atoms with Crippen molar-refractivity contribution in [1.29, 1.82) is 0 Å². The zero-order valence-corrected chi connectivity index (χ0v) is 5.39. The minimum absolute atomic E-state index is 0.215. The van der Waals surface area contributed by atoms with Gasteiger partial charge in [-0.2, -0.15) is 0 Å². The number of nitrogens with zero attached hydrogens (tertiary/aromatic N) is 1. The number of piperidine rings is 1. The summed E-state index contributed by atoms with van der Waals surface area (Å²) >= 11 is 0.